The van der Waals surface area contributed by atoms with Gasteiger partial charge in [-0.15, -0.1) is 0 Å². The minimum atomic E-state index is -0.398. The Morgan fingerprint density at radius 3 is 2.00 bits per heavy atom. The highest BCUT2D eigenvalue weighted by Crippen LogP contribution is 2.48. The number of hydrogen-bond acceptors (Lipinski definition) is 2. The van der Waals surface area contributed by atoms with E-state index < -0.39 is 5.92 Å². The molecule has 2 unspecified atom stereocenters. The summed E-state index contributed by atoms with van der Waals surface area (Å²) in [6, 6.07) is 19.6. The lowest BCUT2D eigenvalue weighted by Crippen LogP contribution is -2.56. The van der Waals surface area contributed by atoms with Gasteiger partial charge >= 0.3 is 0 Å². The highest BCUT2D eigenvalue weighted by Gasteiger charge is 2.50. The molecule has 3 aromatic rings. The van der Waals surface area contributed by atoms with Gasteiger partial charge in [-0.3, -0.25) is 4.79 Å². The Hall–Kier alpha value is -3.73. The Morgan fingerprint density at radius 2 is 1.45 bits per heavy atom. The van der Waals surface area contributed by atoms with Gasteiger partial charge in [0.05, 0.1) is 19.1 Å². The van der Waals surface area contributed by atoms with Gasteiger partial charge in [0.15, 0.2) is 0 Å². The fourth-order valence-electron chi connectivity index (χ4n) is 4.17. The third kappa shape index (κ3) is 4.58. The van der Waals surface area contributed by atoms with Crippen molar-refractivity contribution in [1.82, 2.24) is 0 Å². The van der Waals surface area contributed by atoms with Gasteiger partial charge in [-0.25, -0.2) is 8.78 Å². The smallest absolute Gasteiger partial charge is 0.237 e. The first-order chi connectivity index (χ1) is 15.9. The van der Waals surface area contributed by atoms with Crippen LogP contribution in [0.2, 0.25) is 0 Å². The Morgan fingerprint density at radius 1 is 0.879 bits per heavy atom. The van der Waals surface area contributed by atoms with E-state index in [1.807, 2.05) is 50.3 Å². The van der Waals surface area contributed by atoms with Crippen molar-refractivity contribution in [3.8, 4) is 5.75 Å². The van der Waals surface area contributed by atoms with Crippen molar-refractivity contribution in [3.05, 3.63) is 113 Å². The van der Waals surface area contributed by atoms with Gasteiger partial charge in [-0.1, -0.05) is 42.0 Å². The summed E-state index contributed by atoms with van der Waals surface area (Å²) < 4.78 is 32.1. The predicted octanol–water partition coefficient (Wildman–Crippen LogP) is 6.73. The summed E-state index contributed by atoms with van der Waals surface area (Å²) in [5, 5.41) is 0. The van der Waals surface area contributed by atoms with E-state index in [0.717, 1.165) is 28.0 Å². The van der Waals surface area contributed by atoms with Crippen LogP contribution >= 0.6 is 0 Å². The zero-order valence-corrected chi connectivity index (χ0v) is 18.8. The van der Waals surface area contributed by atoms with Crippen molar-refractivity contribution in [2.24, 2.45) is 5.92 Å². The standard InChI is InChI=1S/C28H25F2NO2/c1-18(2)25(17-6-19-4-9-21(29)10-5-19)26-27(20-7-15-24(33-3)16-8-20)31(28(26)32)23-13-11-22(30)12-14-23/h4-17,26-27H,1-3H3/b17-6+. The third-order valence-corrected chi connectivity index (χ3v) is 5.90. The SMILES string of the molecule is COc1ccc(C2C(C(/C=C/c3ccc(F)cc3)=C(C)C)C(=O)N2c2ccc(F)cc2)cc1. The molecule has 0 saturated carbocycles. The number of carbonyl (C=O) groups excluding carboxylic acids is 1. The second-order valence-corrected chi connectivity index (χ2v) is 8.22. The van der Waals surface area contributed by atoms with Crippen LogP contribution in [0, 0.1) is 17.6 Å². The maximum atomic E-state index is 13.5. The fraction of sp³-hybridized carbons (Fsp3) is 0.179. The molecule has 168 valence electrons. The number of benzene rings is 3. The molecule has 3 aromatic carbocycles. The first-order valence-electron chi connectivity index (χ1n) is 10.7. The molecule has 4 rings (SSSR count). The van der Waals surface area contributed by atoms with E-state index in [1.165, 1.54) is 24.3 Å². The molecule has 3 nitrogen and oxygen atoms in total. The van der Waals surface area contributed by atoms with Gasteiger partial charge in [0.1, 0.15) is 17.4 Å². The third-order valence-electron chi connectivity index (χ3n) is 5.90. The van der Waals surface area contributed by atoms with Crippen LogP contribution in [0.15, 0.2) is 90.0 Å². The number of carbonyl (C=O) groups is 1. The summed E-state index contributed by atoms with van der Waals surface area (Å²) in [5.41, 5.74) is 4.37. The van der Waals surface area contributed by atoms with Crippen LogP contribution in [0.5, 0.6) is 5.75 Å². The monoisotopic (exact) mass is 445 g/mol. The number of amides is 1. The second kappa shape index (κ2) is 9.41. The normalized spacial score (nSPS) is 17.7. The number of β-lactam (4-membered cyclic amide) rings is 1. The van der Waals surface area contributed by atoms with Gasteiger partial charge in [0.25, 0.3) is 0 Å². The number of ether oxygens (including phenoxy) is 1. The lowest BCUT2D eigenvalue weighted by atomic mass is 9.75. The van der Waals surface area contributed by atoms with Gasteiger partial charge in [-0.05, 0) is 79.1 Å². The molecule has 1 saturated heterocycles. The Balaban J connectivity index is 1.73. The quantitative estimate of drug-likeness (QED) is 0.311. The predicted molar refractivity (Wildman–Crippen MR) is 127 cm³/mol. The fourth-order valence-corrected chi connectivity index (χ4v) is 4.17. The van der Waals surface area contributed by atoms with Gasteiger partial charge in [-0.2, -0.15) is 0 Å². The van der Waals surface area contributed by atoms with Crippen LogP contribution in [-0.4, -0.2) is 13.0 Å². The zero-order chi connectivity index (χ0) is 23.5. The van der Waals surface area contributed by atoms with Crippen LogP contribution in [-0.2, 0) is 4.79 Å². The number of halogens is 2. The van der Waals surface area contributed by atoms with Crippen LogP contribution in [0.3, 0.4) is 0 Å². The first kappa shape index (κ1) is 22.5. The van der Waals surface area contributed by atoms with Crippen LogP contribution in [0.4, 0.5) is 14.5 Å². The van der Waals surface area contributed by atoms with E-state index in [0.29, 0.717) is 5.69 Å². The average molecular weight is 446 g/mol. The van der Waals surface area contributed by atoms with E-state index in [2.05, 4.69) is 0 Å². The zero-order valence-electron chi connectivity index (χ0n) is 18.8. The lowest BCUT2D eigenvalue weighted by molar-refractivity contribution is -0.128. The van der Waals surface area contributed by atoms with Crippen LogP contribution in [0.1, 0.15) is 31.0 Å². The molecule has 33 heavy (non-hydrogen) atoms. The summed E-state index contributed by atoms with van der Waals surface area (Å²) in [5.74, 6) is -0.366. The number of methoxy groups -OCH3 is 1. The van der Waals surface area contributed by atoms with Crippen molar-refractivity contribution < 1.29 is 18.3 Å². The molecule has 0 radical (unpaired) electrons. The maximum Gasteiger partial charge on any atom is 0.237 e. The minimum Gasteiger partial charge on any atom is -0.497 e. The Bertz CT molecular complexity index is 1190. The van der Waals surface area contributed by atoms with E-state index >= 15 is 0 Å². The minimum absolute atomic E-state index is 0.0533. The molecule has 1 fully saturated rings. The number of allylic oxidation sites excluding steroid dienone is 2. The molecule has 0 bridgehead atoms. The summed E-state index contributed by atoms with van der Waals surface area (Å²) in [6.07, 6.45) is 3.82. The van der Waals surface area contributed by atoms with Crippen molar-refractivity contribution in [2.45, 2.75) is 19.9 Å². The maximum absolute atomic E-state index is 13.5. The molecule has 2 atom stereocenters. The molecule has 1 aliphatic rings. The molecular weight excluding hydrogens is 420 g/mol. The lowest BCUT2D eigenvalue weighted by Gasteiger charge is -2.48. The summed E-state index contributed by atoms with van der Waals surface area (Å²) in [6.45, 7) is 3.95. The molecule has 0 spiro atoms. The highest BCUT2D eigenvalue weighted by atomic mass is 19.1. The van der Waals surface area contributed by atoms with Gasteiger partial charge in [0.2, 0.25) is 5.91 Å². The summed E-state index contributed by atoms with van der Waals surface area (Å²) >= 11 is 0. The number of anilines is 1. The molecule has 5 heteroatoms. The summed E-state index contributed by atoms with van der Waals surface area (Å²) in [4.78, 5) is 15.2. The van der Waals surface area contributed by atoms with Gasteiger partial charge < -0.3 is 9.64 Å². The average Bonchev–Trinajstić information content (AvgIpc) is 2.82. The van der Waals surface area contributed by atoms with E-state index in [4.69, 9.17) is 4.74 Å². The Labute approximate surface area is 192 Å². The molecule has 0 aliphatic carbocycles. The van der Waals surface area contributed by atoms with E-state index in [9.17, 15) is 13.6 Å². The topological polar surface area (TPSA) is 29.5 Å². The highest BCUT2D eigenvalue weighted by molar-refractivity contribution is 6.05. The van der Waals surface area contributed by atoms with Gasteiger partial charge in [0, 0.05) is 5.69 Å². The first-order valence-corrected chi connectivity index (χ1v) is 10.7. The Kier molecular flexibility index (Phi) is 6.40. The van der Waals surface area contributed by atoms with E-state index in [1.54, 1.807) is 36.3 Å². The van der Waals surface area contributed by atoms with Crippen molar-refractivity contribution in [2.75, 3.05) is 12.0 Å². The molecule has 0 N–H and O–H groups in total. The van der Waals surface area contributed by atoms with E-state index in [-0.39, 0.29) is 23.6 Å². The van der Waals surface area contributed by atoms with Crippen molar-refractivity contribution in [1.29, 1.82) is 0 Å². The van der Waals surface area contributed by atoms with Crippen molar-refractivity contribution >= 4 is 17.7 Å². The molecule has 1 heterocycles. The number of hydrogen-bond donors (Lipinski definition) is 0. The number of nitrogens with zero attached hydrogens (tertiary/aromatic N) is 1. The molecule has 1 aliphatic heterocycles. The van der Waals surface area contributed by atoms with Crippen molar-refractivity contribution in [3.63, 3.8) is 0 Å². The van der Waals surface area contributed by atoms with Crippen LogP contribution in [0.25, 0.3) is 6.08 Å². The molecule has 1 amide bonds. The largest absolute Gasteiger partial charge is 0.497 e. The number of rotatable bonds is 6. The molecular formula is C28H25F2NO2. The summed E-state index contributed by atoms with van der Waals surface area (Å²) in [7, 11) is 1.61. The van der Waals surface area contributed by atoms with Crippen LogP contribution < -0.4 is 9.64 Å². The molecule has 0 aromatic heterocycles. The second-order valence-electron chi connectivity index (χ2n) is 8.22.